The van der Waals surface area contributed by atoms with Crippen LogP contribution in [-0.2, 0) is 4.74 Å². The first kappa shape index (κ1) is 14.4. The maximum absolute atomic E-state index is 6.59. The van der Waals surface area contributed by atoms with Crippen LogP contribution < -0.4 is 0 Å². The summed E-state index contributed by atoms with van der Waals surface area (Å²) in [6.45, 7) is 2.19. The van der Waals surface area contributed by atoms with Gasteiger partial charge in [-0.3, -0.25) is 0 Å². The van der Waals surface area contributed by atoms with E-state index in [2.05, 4.69) is 37.3 Å². The molecule has 1 saturated heterocycles. The summed E-state index contributed by atoms with van der Waals surface area (Å²) in [4.78, 5) is 0. The average Bonchev–Trinajstić information content (AvgIpc) is 2.88. The molecule has 2 heteroatoms. The molecule has 20 heavy (non-hydrogen) atoms. The maximum atomic E-state index is 6.59. The van der Waals surface area contributed by atoms with Gasteiger partial charge in [0.25, 0.3) is 0 Å². The normalized spacial score (nSPS) is 38.0. The third-order valence-electron chi connectivity index (χ3n) is 5.05. The van der Waals surface area contributed by atoms with Crippen LogP contribution in [0.2, 0.25) is 0 Å². The fourth-order valence-electron chi connectivity index (χ4n) is 3.90. The molecule has 5 unspecified atom stereocenters. The Morgan fingerprint density at radius 2 is 1.90 bits per heavy atom. The van der Waals surface area contributed by atoms with E-state index in [4.69, 9.17) is 16.3 Å². The van der Waals surface area contributed by atoms with E-state index < -0.39 is 0 Å². The fraction of sp³-hybridized carbons (Fsp3) is 0.667. The molecule has 0 amide bonds. The van der Waals surface area contributed by atoms with E-state index in [1.807, 2.05) is 0 Å². The summed E-state index contributed by atoms with van der Waals surface area (Å²) < 4.78 is 5.99. The van der Waals surface area contributed by atoms with Crippen molar-refractivity contribution in [1.82, 2.24) is 0 Å². The van der Waals surface area contributed by atoms with Gasteiger partial charge in [-0.05, 0) is 62.8 Å². The highest BCUT2D eigenvalue weighted by molar-refractivity contribution is 6.20. The minimum Gasteiger partial charge on any atom is -0.375 e. The average molecular weight is 293 g/mol. The molecule has 5 atom stereocenters. The molecule has 1 aromatic rings. The summed E-state index contributed by atoms with van der Waals surface area (Å²) in [5, 5.41) is 0.342. The highest BCUT2D eigenvalue weighted by atomic mass is 35.5. The van der Waals surface area contributed by atoms with E-state index in [0.29, 0.717) is 29.4 Å². The van der Waals surface area contributed by atoms with Gasteiger partial charge in [0.1, 0.15) is 0 Å². The highest BCUT2D eigenvalue weighted by Gasteiger charge is 2.33. The third-order valence-corrected chi connectivity index (χ3v) is 5.62. The monoisotopic (exact) mass is 292 g/mol. The van der Waals surface area contributed by atoms with Crippen molar-refractivity contribution in [3.05, 3.63) is 35.9 Å². The Hall–Kier alpha value is -0.530. The lowest BCUT2D eigenvalue weighted by Gasteiger charge is -2.34. The molecule has 2 fully saturated rings. The third kappa shape index (κ3) is 3.38. The van der Waals surface area contributed by atoms with Crippen molar-refractivity contribution in [3.63, 3.8) is 0 Å². The Morgan fingerprint density at radius 3 is 2.60 bits per heavy atom. The second kappa shape index (κ2) is 6.49. The van der Waals surface area contributed by atoms with Gasteiger partial charge in [-0.2, -0.15) is 0 Å². The highest BCUT2D eigenvalue weighted by Crippen LogP contribution is 2.41. The van der Waals surface area contributed by atoms with E-state index in [9.17, 15) is 0 Å². The molecule has 2 aliphatic rings. The molecule has 1 aliphatic carbocycles. The molecular formula is C18H25ClO. The van der Waals surface area contributed by atoms with Crippen LogP contribution in [0.5, 0.6) is 0 Å². The lowest BCUT2D eigenvalue weighted by atomic mass is 9.75. The van der Waals surface area contributed by atoms with Gasteiger partial charge >= 0.3 is 0 Å². The van der Waals surface area contributed by atoms with E-state index in [-0.39, 0.29) is 0 Å². The van der Waals surface area contributed by atoms with E-state index in [1.54, 1.807) is 0 Å². The number of rotatable bonds is 3. The van der Waals surface area contributed by atoms with Crippen LogP contribution in [0, 0.1) is 5.92 Å². The smallest absolute Gasteiger partial charge is 0.0582 e. The molecule has 3 rings (SSSR count). The number of halogens is 1. The minimum absolute atomic E-state index is 0.342. The molecule has 0 radical (unpaired) electrons. The Labute approximate surface area is 127 Å². The lowest BCUT2D eigenvalue weighted by Crippen LogP contribution is -2.28. The predicted molar refractivity (Wildman–Crippen MR) is 84.4 cm³/mol. The van der Waals surface area contributed by atoms with Crippen LogP contribution >= 0.6 is 11.6 Å². The zero-order chi connectivity index (χ0) is 13.9. The quantitative estimate of drug-likeness (QED) is 0.701. The van der Waals surface area contributed by atoms with Gasteiger partial charge in [0.15, 0.2) is 0 Å². The van der Waals surface area contributed by atoms with Crippen molar-refractivity contribution in [3.8, 4) is 0 Å². The second-order valence-corrected chi connectivity index (χ2v) is 7.14. The Kier molecular flexibility index (Phi) is 4.68. The molecule has 1 nitrogen and oxygen atoms in total. The first-order valence-corrected chi connectivity index (χ1v) is 8.50. The topological polar surface area (TPSA) is 9.23 Å². The van der Waals surface area contributed by atoms with Crippen molar-refractivity contribution in [2.45, 2.75) is 69.0 Å². The second-order valence-electron chi connectivity index (χ2n) is 6.58. The number of hydrogen-bond donors (Lipinski definition) is 0. The maximum Gasteiger partial charge on any atom is 0.0582 e. The molecular weight excluding hydrogens is 268 g/mol. The van der Waals surface area contributed by atoms with Crippen LogP contribution in [0.3, 0.4) is 0 Å². The van der Waals surface area contributed by atoms with Crippen LogP contribution in [0.4, 0.5) is 0 Å². The van der Waals surface area contributed by atoms with E-state index in [1.165, 1.54) is 31.2 Å². The van der Waals surface area contributed by atoms with Gasteiger partial charge < -0.3 is 4.74 Å². The number of ether oxygens (including phenoxy) is 1. The molecule has 0 bridgehead atoms. The SMILES string of the molecule is CC1CCC(CC2CC(c3ccccc3)CCC2Cl)O1. The van der Waals surface area contributed by atoms with Crippen LogP contribution in [0.1, 0.15) is 56.9 Å². The Morgan fingerprint density at radius 1 is 1.10 bits per heavy atom. The zero-order valence-electron chi connectivity index (χ0n) is 12.3. The first-order chi connectivity index (χ1) is 9.72. The van der Waals surface area contributed by atoms with Gasteiger partial charge in [-0.15, -0.1) is 11.6 Å². The summed E-state index contributed by atoms with van der Waals surface area (Å²) in [6.07, 6.45) is 8.09. The summed E-state index contributed by atoms with van der Waals surface area (Å²) in [7, 11) is 0. The molecule has 1 aromatic carbocycles. The predicted octanol–water partition coefficient (Wildman–Crippen LogP) is 5.14. The van der Waals surface area contributed by atoms with Crippen molar-refractivity contribution >= 4 is 11.6 Å². The van der Waals surface area contributed by atoms with E-state index >= 15 is 0 Å². The Bertz CT molecular complexity index is 419. The zero-order valence-corrected chi connectivity index (χ0v) is 13.1. The van der Waals surface area contributed by atoms with Crippen LogP contribution in [0.25, 0.3) is 0 Å². The first-order valence-electron chi connectivity index (χ1n) is 8.07. The summed E-state index contributed by atoms with van der Waals surface area (Å²) in [5.41, 5.74) is 1.49. The van der Waals surface area contributed by atoms with Gasteiger partial charge in [0, 0.05) is 5.38 Å². The van der Waals surface area contributed by atoms with Gasteiger partial charge in [-0.25, -0.2) is 0 Å². The van der Waals surface area contributed by atoms with Crippen LogP contribution in [0.15, 0.2) is 30.3 Å². The lowest BCUT2D eigenvalue weighted by molar-refractivity contribution is 0.0365. The summed E-state index contributed by atoms with van der Waals surface area (Å²) >= 11 is 6.59. The standard InChI is InChI=1S/C18H25ClO/c1-13-7-9-17(20-13)12-16-11-15(8-10-18(16)19)14-5-3-2-4-6-14/h2-6,13,15-18H,7-12H2,1H3. The summed E-state index contributed by atoms with van der Waals surface area (Å²) in [6, 6.07) is 10.9. The van der Waals surface area contributed by atoms with Gasteiger partial charge in [0.2, 0.25) is 0 Å². The molecule has 0 aromatic heterocycles. The fourth-order valence-corrected chi connectivity index (χ4v) is 4.23. The van der Waals surface area contributed by atoms with Crippen molar-refractivity contribution in [2.24, 2.45) is 5.92 Å². The molecule has 1 heterocycles. The number of benzene rings is 1. The van der Waals surface area contributed by atoms with E-state index in [0.717, 1.165) is 12.8 Å². The van der Waals surface area contributed by atoms with Gasteiger partial charge in [-0.1, -0.05) is 30.3 Å². The Balaban J connectivity index is 1.61. The molecule has 0 N–H and O–H groups in total. The van der Waals surface area contributed by atoms with Crippen molar-refractivity contribution in [1.29, 1.82) is 0 Å². The number of hydrogen-bond acceptors (Lipinski definition) is 1. The number of alkyl halides is 1. The molecule has 1 aliphatic heterocycles. The van der Waals surface area contributed by atoms with Crippen molar-refractivity contribution in [2.75, 3.05) is 0 Å². The molecule has 1 saturated carbocycles. The summed E-state index contributed by atoms with van der Waals surface area (Å²) in [5.74, 6) is 1.31. The van der Waals surface area contributed by atoms with Crippen LogP contribution in [-0.4, -0.2) is 17.6 Å². The molecule has 110 valence electrons. The van der Waals surface area contributed by atoms with Crippen molar-refractivity contribution < 1.29 is 4.74 Å². The molecule has 0 spiro atoms. The van der Waals surface area contributed by atoms with Gasteiger partial charge in [0.05, 0.1) is 12.2 Å². The minimum atomic E-state index is 0.342. The largest absolute Gasteiger partial charge is 0.375 e.